The van der Waals surface area contributed by atoms with E-state index in [1.807, 2.05) is 34.9 Å². The highest BCUT2D eigenvalue weighted by Crippen LogP contribution is 2.28. The summed E-state index contributed by atoms with van der Waals surface area (Å²) in [5.74, 6) is 0.620. The van der Waals surface area contributed by atoms with Crippen LogP contribution in [0, 0.1) is 0 Å². The van der Waals surface area contributed by atoms with Crippen LogP contribution in [0.4, 0.5) is 5.82 Å². The van der Waals surface area contributed by atoms with Gasteiger partial charge in [-0.3, -0.25) is 9.38 Å². The highest BCUT2D eigenvalue weighted by molar-refractivity contribution is 9.10. The second kappa shape index (κ2) is 3.85. The van der Waals surface area contributed by atoms with Crippen molar-refractivity contribution in [3.05, 3.63) is 47.3 Å². The number of fused-ring (bicyclic) bond motifs is 1. The van der Waals surface area contributed by atoms with Crippen LogP contribution in [0.1, 0.15) is 0 Å². The summed E-state index contributed by atoms with van der Waals surface area (Å²) in [5.41, 5.74) is 8.57. The number of hydrogen-bond donors (Lipinski definition) is 1. The average Bonchev–Trinajstić information content (AvgIpc) is 2.70. The number of rotatable bonds is 1. The Morgan fingerprint density at radius 1 is 1.24 bits per heavy atom. The van der Waals surface area contributed by atoms with Gasteiger partial charge in [-0.1, -0.05) is 0 Å². The first-order chi connectivity index (χ1) is 8.27. The van der Waals surface area contributed by atoms with Gasteiger partial charge in [-0.25, -0.2) is 4.98 Å². The highest BCUT2D eigenvalue weighted by atomic mass is 79.9. The summed E-state index contributed by atoms with van der Waals surface area (Å²) in [4.78, 5) is 8.61. The Bertz CT molecular complexity index is 676. The molecule has 3 heterocycles. The molecule has 5 heteroatoms. The average molecular weight is 289 g/mol. The monoisotopic (exact) mass is 288 g/mol. The molecule has 17 heavy (non-hydrogen) atoms. The first-order valence-corrected chi connectivity index (χ1v) is 5.89. The van der Waals surface area contributed by atoms with E-state index in [2.05, 4.69) is 25.9 Å². The van der Waals surface area contributed by atoms with Crippen molar-refractivity contribution in [2.24, 2.45) is 0 Å². The van der Waals surface area contributed by atoms with Crippen molar-refractivity contribution >= 4 is 27.4 Å². The van der Waals surface area contributed by atoms with Crippen LogP contribution >= 0.6 is 15.9 Å². The lowest BCUT2D eigenvalue weighted by Crippen LogP contribution is -1.93. The van der Waals surface area contributed by atoms with Crippen LogP contribution in [0.2, 0.25) is 0 Å². The fourth-order valence-corrected chi connectivity index (χ4v) is 2.20. The van der Waals surface area contributed by atoms with E-state index in [9.17, 15) is 0 Å². The summed E-state index contributed by atoms with van der Waals surface area (Å²) in [7, 11) is 0. The standard InChI is InChI=1S/C12H9BrN4/c13-9-4-2-6-17-11(14)10(16-12(9)17)8-3-1-5-15-7-8/h1-7H,14H2. The summed E-state index contributed by atoms with van der Waals surface area (Å²) in [6, 6.07) is 7.67. The molecule has 84 valence electrons. The predicted octanol–water partition coefficient (Wildman–Crippen LogP) is 2.74. The molecule has 0 aliphatic rings. The van der Waals surface area contributed by atoms with Gasteiger partial charge in [0, 0.05) is 24.2 Å². The van der Waals surface area contributed by atoms with E-state index < -0.39 is 0 Å². The Kier molecular flexibility index (Phi) is 2.33. The molecule has 0 fully saturated rings. The van der Waals surface area contributed by atoms with E-state index >= 15 is 0 Å². The Labute approximate surface area is 106 Å². The normalized spacial score (nSPS) is 10.9. The van der Waals surface area contributed by atoms with Crippen molar-refractivity contribution in [1.82, 2.24) is 14.4 Å². The smallest absolute Gasteiger partial charge is 0.153 e. The highest BCUT2D eigenvalue weighted by Gasteiger charge is 2.12. The van der Waals surface area contributed by atoms with Gasteiger partial charge < -0.3 is 5.73 Å². The van der Waals surface area contributed by atoms with Crippen molar-refractivity contribution in [3.8, 4) is 11.3 Å². The Morgan fingerprint density at radius 3 is 2.82 bits per heavy atom. The van der Waals surface area contributed by atoms with Gasteiger partial charge in [-0.15, -0.1) is 0 Å². The molecule has 4 nitrogen and oxygen atoms in total. The van der Waals surface area contributed by atoms with Crippen LogP contribution in [0.3, 0.4) is 0 Å². The van der Waals surface area contributed by atoms with E-state index in [1.54, 1.807) is 12.4 Å². The number of anilines is 1. The van der Waals surface area contributed by atoms with Crippen LogP contribution in [-0.4, -0.2) is 14.4 Å². The summed E-state index contributed by atoms with van der Waals surface area (Å²) in [6.45, 7) is 0. The molecule has 0 aromatic carbocycles. The number of aromatic nitrogens is 3. The molecular formula is C12H9BrN4. The topological polar surface area (TPSA) is 56.2 Å². The zero-order chi connectivity index (χ0) is 11.8. The number of nitrogens with zero attached hydrogens (tertiary/aromatic N) is 3. The first kappa shape index (κ1) is 10.3. The number of imidazole rings is 1. The van der Waals surface area contributed by atoms with Gasteiger partial charge in [0.15, 0.2) is 5.65 Å². The maximum atomic E-state index is 6.09. The second-order valence-corrected chi connectivity index (χ2v) is 4.49. The molecule has 0 spiro atoms. The van der Waals surface area contributed by atoms with Gasteiger partial charge in [-0.05, 0) is 40.2 Å². The van der Waals surface area contributed by atoms with E-state index in [1.165, 1.54) is 0 Å². The SMILES string of the molecule is Nc1c(-c2cccnc2)nc2c(Br)cccn12. The first-order valence-electron chi connectivity index (χ1n) is 5.10. The molecule has 0 unspecified atom stereocenters. The van der Waals surface area contributed by atoms with Crippen LogP contribution in [-0.2, 0) is 0 Å². The Balaban J connectivity index is 2.32. The minimum atomic E-state index is 0.620. The fourth-order valence-electron chi connectivity index (χ4n) is 1.77. The van der Waals surface area contributed by atoms with E-state index in [-0.39, 0.29) is 0 Å². The Morgan fingerprint density at radius 2 is 2.12 bits per heavy atom. The van der Waals surface area contributed by atoms with E-state index in [0.29, 0.717) is 5.82 Å². The molecule has 0 amide bonds. The molecule has 0 saturated heterocycles. The van der Waals surface area contributed by atoms with Crippen molar-refractivity contribution < 1.29 is 0 Å². The molecule has 2 N–H and O–H groups in total. The van der Waals surface area contributed by atoms with Crippen LogP contribution in [0.25, 0.3) is 16.9 Å². The molecule has 0 radical (unpaired) electrons. The molecule has 0 atom stereocenters. The maximum absolute atomic E-state index is 6.09. The fraction of sp³-hybridized carbons (Fsp3) is 0. The number of halogens is 1. The van der Waals surface area contributed by atoms with Crippen molar-refractivity contribution in [2.75, 3.05) is 5.73 Å². The van der Waals surface area contributed by atoms with Gasteiger partial charge in [0.25, 0.3) is 0 Å². The second-order valence-electron chi connectivity index (χ2n) is 3.64. The summed E-state index contributed by atoms with van der Waals surface area (Å²) >= 11 is 3.46. The summed E-state index contributed by atoms with van der Waals surface area (Å²) < 4.78 is 2.77. The minimum Gasteiger partial charge on any atom is -0.383 e. The third kappa shape index (κ3) is 1.59. The lowest BCUT2D eigenvalue weighted by atomic mass is 10.2. The van der Waals surface area contributed by atoms with Crippen LogP contribution in [0.15, 0.2) is 47.3 Å². The molecule has 3 aromatic heterocycles. The number of nitrogen functional groups attached to an aromatic ring is 1. The van der Waals surface area contributed by atoms with Gasteiger partial charge in [0.1, 0.15) is 11.5 Å². The van der Waals surface area contributed by atoms with Gasteiger partial charge >= 0.3 is 0 Å². The minimum absolute atomic E-state index is 0.620. The largest absolute Gasteiger partial charge is 0.383 e. The summed E-state index contributed by atoms with van der Waals surface area (Å²) in [6.07, 6.45) is 5.37. The van der Waals surface area contributed by atoms with Crippen molar-refractivity contribution in [2.45, 2.75) is 0 Å². The number of hydrogen-bond acceptors (Lipinski definition) is 3. The van der Waals surface area contributed by atoms with Crippen LogP contribution < -0.4 is 5.73 Å². The molecule has 0 aliphatic carbocycles. The zero-order valence-electron chi connectivity index (χ0n) is 8.84. The van der Waals surface area contributed by atoms with Gasteiger partial charge in [0.2, 0.25) is 0 Å². The zero-order valence-corrected chi connectivity index (χ0v) is 10.4. The lowest BCUT2D eigenvalue weighted by molar-refractivity contribution is 1.19. The lowest BCUT2D eigenvalue weighted by Gasteiger charge is -1.98. The third-order valence-corrected chi connectivity index (χ3v) is 3.19. The maximum Gasteiger partial charge on any atom is 0.153 e. The molecule has 3 rings (SSSR count). The predicted molar refractivity (Wildman–Crippen MR) is 70.5 cm³/mol. The quantitative estimate of drug-likeness (QED) is 0.749. The van der Waals surface area contributed by atoms with Gasteiger partial charge in [0.05, 0.1) is 4.47 Å². The van der Waals surface area contributed by atoms with E-state index in [0.717, 1.165) is 21.4 Å². The number of nitrogens with two attached hydrogens (primary N) is 1. The Hall–Kier alpha value is -1.88. The van der Waals surface area contributed by atoms with Crippen molar-refractivity contribution in [1.29, 1.82) is 0 Å². The van der Waals surface area contributed by atoms with Crippen molar-refractivity contribution in [3.63, 3.8) is 0 Å². The molecule has 0 aliphatic heterocycles. The molecular weight excluding hydrogens is 280 g/mol. The van der Waals surface area contributed by atoms with Crippen LogP contribution in [0.5, 0.6) is 0 Å². The molecule has 3 aromatic rings. The van der Waals surface area contributed by atoms with Gasteiger partial charge in [-0.2, -0.15) is 0 Å². The molecule has 0 saturated carbocycles. The summed E-state index contributed by atoms with van der Waals surface area (Å²) in [5, 5.41) is 0. The van der Waals surface area contributed by atoms with E-state index in [4.69, 9.17) is 5.73 Å². The molecule has 0 bridgehead atoms. The number of pyridine rings is 2. The third-order valence-electron chi connectivity index (χ3n) is 2.57.